The molecule has 1 aromatic rings. The molecular formula is C17H28N2O. The number of methoxy groups -OCH3 is 1. The summed E-state index contributed by atoms with van der Waals surface area (Å²) in [4.78, 5) is 2.45. The lowest BCUT2D eigenvalue weighted by Crippen LogP contribution is -2.43. The number of nitrogens with one attached hydrogen (secondary N) is 1. The molecule has 1 saturated heterocycles. The topological polar surface area (TPSA) is 24.5 Å². The Morgan fingerprint density at radius 2 is 2.15 bits per heavy atom. The summed E-state index contributed by atoms with van der Waals surface area (Å²) in [6, 6.07) is 9.24. The zero-order chi connectivity index (χ0) is 14.5. The van der Waals surface area contributed by atoms with Crippen LogP contribution in [0.5, 0.6) is 5.75 Å². The minimum absolute atomic E-state index is 0.354. The molecule has 1 heterocycles. The normalized spacial score (nSPS) is 23.3. The Labute approximate surface area is 123 Å². The number of nitrogens with zero attached hydrogens (tertiary/aromatic N) is 1. The van der Waals surface area contributed by atoms with Crippen LogP contribution in [0, 0.1) is 5.92 Å². The maximum absolute atomic E-state index is 5.31. The van der Waals surface area contributed by atoms with Gasteiger partial charge in [-0.1, -0.05) is 12.1 Å². The zero-order valence-electron chi connectivity index (χ0n) is 13.2. The molecule has 0 bridgehead atoms. The molecule has 112 valence electrons. The molecular weight excluding hydrogens is 248 g/mol. The Bertz CT molecular complexity index is 421. The summed E-state index contributed by atoms with van der Waals surface area (Å²) >= 11 is 0. The molecule has 3 unspecified atom stereocenters. The van der Waals surface area contributed by atoms with Crippen LogP contribution in [-0.4, -0.2) is 38.2 Å². The number of ether oxygens (including phenoxy) is 1. The summed E-state index contributed by atoms with van der Waals surface area (Å²) in [6.45, 7) is 7.01. The highest BCUT2D eigenvalue weighted by molar-refractivity contribution is 5.30. The molecule has 3 atom stereocenters. The molecule has 0 saturated carbocycles. The van der Waals surface area contributed by atoms with Gasteiger partial charge in [0.25, 0.3) is 0 Å². The summed E-state index contributed by atoms with van der Waals surface area (Å²) < 4.78 is 5.31. The molecule has 0 amide bonds. The van der Waals surface area contributed by atoms with Gasteiger partial charge in [0.2, 0.25) is 0 Å². The van der Waals surface area contributed by atoms with E-state index in [-0.39, 0.29) is 0 Å². The van der Waals surface area contributed by atoms with Crippen LogP contribution >= 0.6 is 0 Å². The molecule has 1 fully saturated rings. The van der Waals surface area contributed by atoms with Gasteiger partial charge in [-0.2, -0.15) is 0 Å². The Kier molecular flexibility index (Phi) is 5.44. The summed E-state index contributed by atoms with van der Waals surface area (Å²) in [6.07, 6.45) is 2.66. The molecule has 3 heteroatoms. The lowest BCUT2D eigenvalue weighted by atomic mass is 9.91. The van der Waals surface area contributed by atoms with Crippen molar-refractivity contribution in [2.75, 3.05) is 27.2 Å². The van der Waals surface area contributed by atoms with Crippen LogP contribution in [0.25, 0.3) is 0 Å². The van der Waals surface area contributed by atoms with Gasteiger partial charge in [-0.25, -0.2) is 0 Å². The van der Waals surface area contributed by atoms with E-state index in [9.17, 15) is 0 Å². The third-order valence-corrected chi connectivity index (χ3v) is 4.47. The fourth-order valence-corrected chi connectivity index (χ4v) is 3.15. The zero-order valence-corrected chi connectivity index (χ0v) is 13.2. The number of rotatable bonds is 5. The van der Waals surface area contributed by atoms with Gasteiger partial charge in [0.05, 0.1) is 7.11 Å². The van der Waals surface area contributed by atoms with Crippen LogP contribution in [-0.2, 0) is 0 Å². The SMILES string of the molecule is COc1cccc(C(C)NC(C)C2CCCN(C)C2)c1. The highest BCUT2D eigenvalue weighted by atomic mass is 16.5. The fraction of sp³-hybridized carbons (Fsp3) is 0.647. The van der Waals surface area contributed by atoms with Gasteiger partial charge in [0.15, 0.2) is 0 Å². The van der Waals surface area contributed by atoms with E-state index in [1.54, 1.807) is 7.11 Å². The molecule has 1 aliphatic heterocycles. The van der Waals surface area contributed by atoms with Crippen LogP contribution in [0.4, 0.5) is 0 Å². The highest BCUT2D eigenvalue weighted by Crippen LogP contribution is 2.23. The Morgan fingerprint density at radius 1 is 1.35 bits per heavy atom. The van der Waals surface area contributed by atoms with Crippen molar-refractivity contribution in [2.24, 2.45) is 5.92 Å². The molecule has 1 N–H and O–H groups in total. The molecule has 0 aromatic heterocycles. The van der Waals surface area contributed by atoms with E-state index in [1.807, 2.05) is 6.07 Å². The van der Waals surface area contributed by atoms with Crippen molar-refractivity contribution < 1.29 is 4.74 Å². The number of benzene rings is 1. The molecule has 3 nitrogen and oxygen atoms in total. The van der Waals surface area contributed by atoms with E-state index in [4.69, 9.17) is 4.74 Å². The Hall–Kier alpha value is -1.06. The third-order valence-electron chi connectivity index (χ3n) is 4.47. The molecule has 0 aliphatic carbocycles. The quantitative estimate of drug-likeness (QED) is 0.894. The second kappa shape index (κ2) is 7.09. The second-order valence-electron chi connectivity index (χ2n) is 6.12. The van der Waals surface area contributed by atoms with Gasteiger partial charge >= 0.3 is 0 Å². The smallest absolute Gasteiger partial charge is 0.119 e. The van der Waals surface area contributed by atoms with E-state index < -0.39 is 0 Å². The first-order valence-electron chi connectivity index (χ1n) is 7.68. The maximum Gasteiger partial charge on any atom is 0.119 e. The van der Waals surface area contributed by atoms with Gasteiger partial charge < -0.3 is 15.0 Å². The number of hydrogen-bond acceptors (Lipinski definition) is 3. The fourth-order valence-electron chi connectivity index (χ4n) is 3.15. The number of hydrogen-bond donors (Lipinski definition) is 1. The molecule has 20 heavy (non-hydrogen) atoms. The minimum Gasteiger partial charge on any atom is -0.497 e. The first-order chi connectivity index (χ1) is 9.60. The van der Waals surface area contributed by atoms with Crippen molar-refractivity contribution in [2.45, 2.75) is 38.8 Å². The van der Waals surface area contributed by atoms with Gasteiger partial charge in [0, 0.05) is 18.6 Å². The van der Waals surface area contributed by atoms with E-state index in [0.717, 1.165) is 11.7 Å². The summed E-state index contributed by atoms with van der Waals surface area (Å²) in [7, 11) is 3.95. The predicted octanol–water partition coefficient (Wildman–Crippen LogP) is 3.08. The first kappa shape index (κ1) is 15.3. The Morgan fingerprint density at radius 3 is 2.85 bits per heavy atom. The lowest BCUT2D eigenvalue weighted by molar-refractivity contribution is 0.174. The number of likely N-dealkylation sites (tertiary alicyclic amines) is 1. The molecule has 1 aliphatic rings. The largest absolute Gasteiger partial charge is 0.497 e. The van der Waals surface area contributed by atoms with Crippen molar-refractivity contribution in [1.82, 2.24) is 10.2 Å². The van der Waals surface area contributed by atoms with Crippen molar-refractivity contribution in [3.8, 4) is 5.75 Å². The maximum atomic E-state index is 5.31. The highest BCUT2D eigenvalue weighted by Gasteiger charge is 2.23. The van der Waals surface area contributed by atoms with Crippen LogP contribution in [0.3, 0.4) is 0 Å². The first-order valence-corrected chi connectivity index (χ1v) is 7.68. The van der Waals surface area contributed by atoms with E-state index in [2.05, 4.69) is 49.3 Å². The third kappa shape index (κ3) is 3.97. The molecule has 0 radical (unpaired) electrons. The number of piperidine rings is 1. The van der Waals surface area contributed by atoms with Gasteiger partial charge in [-0.05, 0) is 63.9 Å². The summed E-state index contributed by atoms with van der Waals surface area (Å²) in [5, 5.41) is 3.76. The van der Waals surface area contributed by atoms with E-state index in [0.29, 0.717) is 12.1 Å². The average Bonchev–Trinajstić information content (AvgIpc) is 2.47. The monoisotopic (exact) mass is 276 g/mol. The van der Waals surface area contributed by atoms with Crippen LogP contribution < -0.4 is 10.1 Å². The minimum atomic E-state index is 0.354. The van der Waals surface area contributed by atoms with Gasteiger partial charge in [0.1, 0.15) is 5.75 Å². The van der Waals surface area contributed by atoms with Crippen molar-refractivity contribution in [3.63, 3.8) is 0 Å². The van der Waals surface area contributed by atoms with Crippen LogP contribution in [0.2, 0.25) is 0 Å². The van der Waals surface area contributed by atoms with E-state index >= 15 is 0 Å². The molecule has 1 aromatic carbocycles. The van der Waals surface area contributed by atoms with Crippen molar-refractivity contribution >= 4 is 0 Å². The predicted molar refractivity (Wildman–Crippen MR) is 84.2 cm³/mol. The average molecular weight is 276 g/mol. The summed E-state index contributed by atoms with van der Waals surface area (Å²) in [5.41, 5.74) is 1.29. The lowest BCUT2D eigenvalue weighted by Gasteiger charge is -2.35. The Balaban J connectivity index is 1.94. The van der Waals surface area contributed by atoms with Crippen molar-refractivity contribution in [1.29, 1.82) is 0 Å². The standard InChI is InChI=1S/C17H28N2O/c1-13(15-7-5-9-17(11-15)20-4)18-14(2)16-8-6-10-19(3)12-16/h5,7,9,11,13-14,16,18H,6,8,10,12H2,1-4H3. The molecule has 2 rings (SSSR count). The summed E-state index contributed by atoms with van der Waals surface area (Å²) in [5.74, 6) is 1.68. The van der Waals surface area contributed by atoms with Crippen LogP contribution in [0.1, 0.15) is 38.3 Å². The van der Waals surface area contributed by atoms with Crippen molar-refractivity contribution in [3.05, 3.63) is 29.8 Å². The second-order valence-corrected chi connectivity index (χ2v) is 6.12. The van der Waals surface area contributed by atoms with Crippen LogP contribution in [0.15, 0.2) is 24.3 Å². The van der Waals surface area contributed by atoms with E-state index in [1.165, 1.54) is 31.5 Å². The van der Waals surface area contributed by atoms with Gasteiger partial charge in [-0.3, -0.25) is 0 Å². The van der Waals surface area contributed by atoms with Gasteiger partial charge in [-0.15, -0.1) is 0 Å². The molecule has 0 spiro atoms.